The fourth-order valence-electron chi connectivity index (χ4n) is 2.93. The standard InChI is InChI=1S/C18H17IN2O4/c1-12-10-20(11-17(25-12)13-5-3-2-4-6-13)18(22)15-9-14(21(23)24)7-8-16(15)19/h2-9,12,17H,10-11H2,1H3. The highest BCUT2D eigenvalue weighted by Crippen LogP contribution is 2.28. The van der Waals surface area contributed by atoms with E-state index in [1.807, 2.05) is 59.8 Å². The van der Waals surface area contributed by atoms with E-state index in [4.69, 9.17) is 4.74 Å². The molecule has 0 radical (unpaired) electrons. The van der Waals surface area contributed by atoms with Crippen LogP contribution in [0.3, 0.4) is 0 Å². The normalized spacial score (nSPS) is 20.3. The number of hydrogen-bond donors (Lipinski definition) is 0. The van der Waals surface area contributed by atoms with Crippen LogP contribution in [-0.4, -0.2) is 34.9 Å². The summed E-state index contributed by atoms with van der Waals surface area (Å²) in [5.41, 5.74) is 1.29. The van der Waals surface area contributed by atoms with E-state index in [2.05, 4.69) is 0 Å². The fourth-order valence-corrected chi connectivity index (χ4v) is 3.50. The van der Waals surface area contributed by atoms with Gasteiger partial charge in [0.1, 0.15) is 6.10 Å². The minimum absolute atomic E-state index is 0.0790. The third-order valence-electron chi connectivity index (χ3n) is 4.11. The monoisotopic (exact) mass is 452 g/mol. The second kappa shape index (κ2) is 7.49. The molecular formula is C18H17IN2O4. The number of nitro groups is 1. The number of ether oxygens (including phenoxy) is 1. The van der Waals surface area contributed by atoms with Gasteiger partial charge in [-0.1, -0.05) is 30.3 Å². The lowest BCUT2D eigenvalue weighted by Crippen LogP contribution is -2.46. The number of hydrogen-bond acceptors (Lipinski definition) is 4. The first-order valence-electron chi connectivity index (χ1n) is 7.89. The maximum atomic E-state index is 13.0. The van der Waals surface area contributed by atoms with Crippen molar-refractivity contribution in [3.8, 4) is 0 Å². The molecule has 2 unspecified atom stereocenters. The van der Waals surface area contributed by atoms with Crippen molar-refractivity contribution in [1.82, 2.24) is 4.90 Å². The lowest BCUT2D eigenvalue weighted by Gasteiger charge is -2.37. The average Bonchev–Trinajstić information content (AvgIpc) is 2.61. The minimum Gasteiger partial charge on any atom is -0.367 e. The summed E-state index contributed by atoms with van der Waals surface area (Å²) in [4.78, 5) is 25.2. The maximum absolute atomic E-state index is 13.0. The number of rotatable bonds is 3. The van der Waals surface area contributed by atoms with E-state index in [-0.39, 0.29) is 23.8 Å². The van der Waals surface area contributed by atoms with Gasteiger partial charge < -0.3 is 9.64 Å². The van der Waals surface area contributed by atoms with Crippen molar-refractivity contribution < 1.29 is 14.5 Å². The van der Waals surface area contributed by atoms with Crippen molar-refractivity contribution in [2.75, 3.05) is 13.1 Å². The fraction of sp³-hybridized carbons (Fsp3) is 0.278. The number of nitrogens with zero attached hydrogens (tertiary/aromatic N) is 2. The summed E-state index contributed by atoms with van der Waals surface area (Å²) in [6.45, 7) is 2.81. The lowest BCUT2D eigenvalue weighted by molar-refractivity contribution is -0.384. The third kappa shape index (κ3) is 3.98. The average molecular weight is 452 g/mol. The maximum Gasteiger partial charge on any atom is 0.270 e. The molecule has 0 aliphatic carbocycles. The Morgan fingerprint density at radius 1 is 1.24 bits per heavy atom. The van der Waals surface area contributed by atoms with Gasteiger partial charge in [0.2, 0.25) is 0 Å². The van der Waals surface area contributed by atoms with E-state index >= 15 is 0 Å². The van der Waals surface area contributed by atoms with Gasteiger partial charge in [-0.2, -0.15) is 0 Å². The SMILES string of the molecule is CC1CN(C(=O)c2cc([N+](=O)[O-])ccc2I)CC(c2ccccc2)O1. The molecule has 0 N–H and O–H groups in total. The molecule has 3 rings (SSSR count). The number of benzene rings is 2. The molecule has 1 aliphatic rings. The Bertz CT molecular complexity index is 797. The molecule has 1 saturated heterocycles. The van der Waals surface area contributed by atoms with Crippen molar-refractivity contribution in [3.05, 3.63) is 73.3 Å². The van der Waals surface area contributed by atoms with E-state index in [0.29, 0.717) is 22.2 Å². The van der Waals surface area contributed by atoms with Crippen LogP contribution in [-0.2, 0) is 4.74 Å². The van der Waals surface area contributed by atoms with Crippen molar-refractivity contribution in [1.29, 1.82) is 0 Å². The van der Waals surface area contributed by atoms with E-state index in [1.54, 1.807) is 11.0 Å². The number of halogens is 1. The number of carbonyl (C=O) groups is 1. The summed E-state index contributed by atoms with van der Waals surface area (Å²) < 4.78 is 6.67. The van der Waals surface area contributed by atoms with Crippen LogP contribution in [0.5, 0.6) is 0 Å². The second-order valence-electron chi connectivity index (χ2n) is 5.98. The molecule has 2 aromatic carbocycles. The number of amides is 1. The van der Waals surface area contributed by atoms with Crippen LogP contribution in [0.2, 0.25) is 0 Å². The quantitative estimate of drug-likeness (QED) is 0.404. The molecule has 1 fully saturated rings. The zero-order valence-corrected chi connectivity index (χ0v) is 15.8. The molecule has 6 nitrogen and oxygen atoms in total. The van der Waals surface area contributed by atoms with Crippen molar-refractivity contribution in [3.63, 3.8) is 0 Å². The summed E-state index contributed by atoms with van der Waals surface area (Å²) in [6.07, 6.45) is -0.315. The molecule has 2 atom stereocenters. The van der Waals surface area contributed by atoms with E-state index in [9.17, 15) is 14.9 Å². The van der Waals surface area contributed by atoms with E-state index < -0.39 is 4.92 Å². The van der Waals surface area contributed by atoms with Gasteiger partial charge in [-0.3, -0.25) is 14.9 Å². The molecule has 0 aromatic heterocycles. The Hall–Kier alpha value is -2.00. The largest absolute Gasteiger partial charge is 0.367 e. The van der Waals surface area contributed by atoms with Gasteiger partial charge in [-0.25, -0.2) is 0 Å². The van der Waals surface area contributed by atoms with E-state index in [1.165, 1.54) is 12.1 Å². The predicted octanol–water partition coefficient (Wildman–Crippen LogP) is 3.80. The third-order valence-corrected chi connectivity index (χ3v) is 5.05. The summed E-state index contributed by atoms with van der Waals surface area (Å²) in [7, 11) is 0. The van der Waals surface area contributed by atoms with Crippen LogP contribution in [0.15, 0.2) is 48.5 Å². The highest BCUT2D eigenvalue weighted by atomic mass is 127. The predicted molar refractivity (Wildman–Crippen MR) is 101 cm³/mol. The van der Waals surface area contributed by atoms with Gasteiger partial charge in [0.15, 0.2) is 0 Å². The van der Waals surface area contributed by atoms with Crippen molar-refractivity contribution in [2.45, 2.75) is 19.1 Å². The smallest absolute Gasteiger partial charge is 0.270 e. The van der Waals surface area contributed by atoms with Crippen LogP contribution in [0.1, 0.15) is 28.9 Å². The summed E-state index contributed by atoms with van der Waals surface area (Å²) in [5, 5.41) is 11.0. The summed E-state index contributed by atoms with van der Waals surface area (Å²) >= 11 is 2.03. The number of nitro benzene ring substituents is 1. The zero-order valence-electron chi connectivity index (χ0n) is 13.6. The summed E-state index contributed by atoms with van der Waals surface area (Å²) in [5.74, 6) is -0.204. The Kier molecular flexibility index (Phi) is 5.33. The molecule has 1 heterocycles. The van der Waals surface area contributed by atoms with Gasteiger partial charge in [-0.05, 0) is 41.1 Å². The van der Waals surface area contributed by atoms with Gasteiger partial charge in [-0.15, -0.1) is 0 Å². The first-order valence-corrected chi connectivity index (χ1v) is 8.97. The van der Waals surface area contributed by atoms with Crippen LogP contribution < -0.4 is 0 Å². The molecule has 1 amide bonds. The van der Waals surface area contributed by atoms with E-state index in [0.717, 1.165) is 5.56 Å². The highest BCUT2D eigenvalue weighted by molar-refractivity contribution is 14.1. The lowest BCUT2D eigenvalue weighted by atomic mass is 10.1. The molecule has 130 valence electrons. The number of non-ortho nitro benzene ring substituents is 1. The topological polar surface area (TPSA) is 72.7 Å². The molecule has 25 heavy (non-hydrogen) atoms. The van der Waals surface area contributed by atoms with Crippen molar-refractivity contribution in [2.24, 2.45) is 0 Å². The first kappa shape index (κ1) is 17.8. The molecule has 0 spiro atoms. The molecule has 0 bridgehead atoms. The Morgan fingerprint density at radius 2 is 1.96 bits per heavy atom. The van der Waals surface area contributed by atoms with Crippen LogP contribution >= 0.6 is 22.6 Å². The van der Waals surface area contributed by atoms with Gasteiger partial charge in [0.05, 0.1) is 23.1 Å². The molecule has 7 heteroatoms. The van der Waals surface area contributed by atoms with Gasteiger partial charge in [0, 0.05) is 22.2 Å². The molecule has 2 aromatic rings. The Morgan fingerprint density at radius 3 is 2.64 bits per heavy atom. The second-order valence-corrected chi connectivity index (χ2v) is 7.14. The van der Waals surface area contributed by atoms with Gasteiger partial charge >= 0.3 is 0 Å². The van der Waals surface area contributed by atoms with Crippen molar-refractivity contribution >= 4 is 34.2 Å². The van der Waals surface area contributed by atoms with Crippen LogP contribution in [0, 0.1) is 13.7 Å². The van der Waals surface area contributed by atoms with Crippen LogP contribution in [0.4, 0.5) is 5.69 Å². The van der Waals surface area contributed by atoms with Crippen LogP contribution in [0.25, 0.3) is 0 Å². The van der Waals surface area contributed by atoms with Gasteiger partial charge in [0.25, 0.3) is 11.6 Å². The number of carbonyl (C=O) groups excluding carboxylic acids is 1. The Balaban J connectivity index is 1.86. The molecule has 1 aliphatic heterocycles. The Labute approximate surface area is 159 Å². The minimum atomic E-state index is -0.485. The molecular weight excluding hydrogens is 435 g/mol. The highest BCUT2D eigenvalue weighted by Gasteiger charge is 2.31. The first-order chi connectivity index (χ1) is 12.0. The summed E-state index contributed by atoms with van der Waals surface area (Å²) in [6, 6.07) is 14.1. The zero-order chi connectivity index (χ0) is 18.0. The number of morpholine rings is 1. The molecule has 0 saturated carbocycles.